The molecule has 0 aromatic heterocycles. The van der Waals surface area contributed by atoms with E-state index in [0.717, 1.165) is 19.4 Å². The Kier molecular flexibility index (Phi) is 5.36. The molecule has 1 aromatic carbocycles. The summed E-state index contributed by atoms with van der Waals surface area (Å²) in [6, 6.07) is 4.61. The van der Waals surface area contributed by atoms with Crippen molar-refractivity contribution < 1.29 is 18.3 Å². The van der Waals surface area contributed by atoms with Gasteiger partial charge in [0.15, 0.2) is 0 Å². The third kappa shape index (κ3) is 4.60. The second-order valence-electron chi connectivity index (χ2n) is 4.40. The zero-order valence-corrected chi connectivity index (χ0v) is 11.1. The smallest absolute Gasteiger partial charge is 0.387 e. The summed E-state index contributed by atoms with van der Waals surface area (Å²) in [5.41, 5.74) is 0.616. The van der Waals surface area contributed by atoms with Gasteiger partial charge < -0.3 is 14.8 Å². The summed E-state index contributed by atoms with van der Waals surface area (Å²) in [6.45, 7) is -0.926. The molecule has 1 saturated heterocycles. The lowest BCUT2D eigenvalue weighted by Crippen LogP contribution is -2.26. The van der Waals surface area contributed by atoms with E-state index >= 15 is 0 Å². The highest BCUT2D eigenvalue weighted by molar-refractivity contribution is 6.30. The van der Waals surface area contributed by atoms with Crippen LogP contribution in [0.4, 0.5) is 8.78 Å². The van der Waals surface area contributed by atoms with E-state index in [1.165, 1.54) is 12.1 Å². The summed E-state index contributed by atoms with van der Waals surface area (Å²) in [4.78, 5) is 0. The average Bonchev–Trinajstić information content (AvgIpc) is 2.85. The number of hydrogen-bond donors (Lipinski definition) is 1. The van der Waals surface area contributed by atoms with Gasteiger partial charge in [-0.15, -0.1) is 0 Å². The molecule has 1 heterocycles. The molecule has 1 aliphatic rings. The van der Waals surface area contributed by atoms with Crippen LogP contribution in [-0.4, -0.2) is 25.9 Å². The molecule has 1 aromatic rings. The SMILES string of the molecule is FC(F)Oc1ccc(Cl)cc1CNC[C@@H]1CCCO1. The van der Waals surface area contributed by atoms with Crippen LogP contribution < -0.4 is 10.1 Å². The van der Waals surface area contributed by atoms with Crippen molar-refractivity contribution in [3.05, 3.63) is 28.8 Å². The monoisotopic (exact) mass is 291 g/mol. The Bertz CT molecular complexity index is 412. The van der Waals surface area contributed by atoms with Gasteiger partial charge >= 0.3 is 6.61 Å². The minimum atomic E-state index is -2.84. The van der Waals surface area contributed by atoms with Gasteiger partial charge in [-0.05, 0) is 31.0 Å². The van der Waals surface area contributed by atoms with Gasteiger partial charge in [0, 0.05) is 30.3 Å². The zero-order valence-electron chi connectivity index (χ0n) is 10.4. The van der Waals surface area contributed by atoms with Crippen molar-refractivity contribution in [2.24, 2.45) is 0 Å². The summed E-state index contributed by atoms with van der Waals surface area (Å²) < 4.78 is 34.5. The molecule has 0 saturated carbocycles. The van der Waals surface area contributed by atoms with Crippen LogP contribution in [0, 0.1) is 0 Å². The maximum Gasteiger partial charge on any atom is 0.387 e. The van der Waals surface area contributed by atoms with E-state index in [2.05, 4.69) is 10.1 Å². The second-order valence-corrected chi connectivity index (χ2v) is 4.83. The molecule has 0 unspecified atom stereocenters. The highest BCUT2D eigenvalue weighted by Gasteiger charge is 2.15. The number of nitrogens with one attached hydrogen (secondary N) is 1. The lowest BCUT2D eigenvalue weighted by Gasteiger charge is -2.14. The average molecular weight is 292 g/mol. The first-order valence-corrected chi connectivity index (χ1v) is 6.58. The molecule has 1 fully saturated rings. The minimum absolute atomic E-state index is 0.152. The molecular formula is C13H16ClF2NO2. The van der Waals surface area contributed by atoms with Crippen LogP contribution in [-0.2, 0) is 11.3 Å². The number of ether oxygens (including phenoxy) is 2. The number of halogens is 3. The largest absolute Gasteiger partial charge is 0.434 e. The molecule has 3 nitrogen and oxygen atoms in total. The number of benzene rings is 1. The molecule has 2 rings (SSSR count). The van der Waals surface area contributed by atoms with E-state index in [9.17, 15) is 8.78 Å². The normalized spacial score (nSPS) is 19.1. The first-order chi connectivity index (χ1) is 9.15. The van der Waals surface area contributed by atoms with E-state index in [1.807, 2.05) is 0 Å². The minimum Gasteiger partial charge on any atom is -0.434 e. The Hall–Kier alpha value is -0.910. The molecule has 0 aliphatic carbocycles. The van der Waals surface area contributed by atoms with Crippen molar-refractivity contribution in [1.29, 1.82) is 0 Å². The van der Waals surface area contributed by atoms with Gasteiger partial charge in [0.05, 0.1) is 6.10 Å². The van der Waals surface area contributed by atoms with E-state index in [-0.39, 0.29) is 11.9 Å². The van der Waals surface area contributed by atoms with Crippen LogP contribution in [0.2, 0.25) is 5.02 Å². The van der Waals surface area contributed by atoms with Gasteiger partial charge in [-0.3, -0.25) is 0 Å². The number of hydrogen-bond acceptors (Lipinski definition) is 3. The van der Waals surface area contributed by atoms with Gasteiger partial charge in [-0.1, -0.05) is 11.6 Å². The molecule has 19 heavy (non-hydrogen) atoms. The van der Waals surface area contributed by atoms with E-state index in [4.69, 9.17) is 16.3 Å². The van der Waals surface area contributed by atoms with Crippen LogP contribution >= 0.6 is 11.6 Å². The molecule has 1 aliphatic heterocycles. The van der Waals surface area contributed by atoms with Crippen LogP contribution in [0.1, 0.15) is 18.4 Å². The fourth-order valence-corrected chi connectivity index (χ4v) is 2.26. The summed E-state index contributed by atoms with van der Waals surface area (Å²) in [7, 11) is 0. The fraction of sp³-hybridized carbons (Fsp3) is 0.538. The molecule has 106 valence electrons. The summed E-state index contributed by atoms with van der Waals surface area (Å²) in [6.07, 6.45) is 2.31. The first-order valence-electron chi connectivity index (χ1n) is 6.20. The van der Waals surface area contributed by atoms with E-state index < -0.39 is 6.61 Å². The standard InChI is InChI=1S/C13H16ClF2NO2/c14-10-3-4-12(19-13(15)16)9(6-10)7-17-8-11-2-1-5-18-11/h3-4,6,11,13,17H,1-2,5,7-8H2/t11-/m0/s1. The maximum absolute atomic E-state index is 12.3. The predicted octanol–water partition coefficient (Wildman–Crippen LogP) is 3.21. The fourth-order valence-electron chi connectivity index (χ4n) is 2.07. The predicted molar refractivity (Wildman–Crippen MR) is 68.8 cm³/mol. The van der Waals surface area contributed by atoms with Gasteiger partial charge in [-0.2, -0.15) is 8.78 Å². The Balaban J connectivity index is 1.91. The van der Waals surface area contributed by atoms with Crippen LogP contribution in [0.5, 0.6) is 5.75 Å². The second kappa shape index (κ2) is 7.03. The number of alkyl halides is 2. The van der Waals surface area contributed by atoms with E-state index in [0.29, 0.717) is 23.7 Å². The summed E-state index contributed by atoms with van der Waals surface area (Å²) in [5.74, 6) is 0.152. The molecule has 1 N–H and O–H groups in total. The Morgan fingerprint density at radius 2 is 2.32 bits per heavy atom. The Labute approximate surface area is 115 Å². The zero-order chi connectivity index (χ0) is 13.7. The van der Waals surface area contributed by atoms with Crippen LogP contribution in [0.3, 0.4) is 0 Å². The van der Waals surface area contributed by atoms with Gasteiger partial charge in [0.2, 0.25) is 0 Å². The molecule has 6 heteroatoms. The summed E-state index contributed by atoms with van der Waals surface area (Å²) in [5, 5.41) is 3.67. The Morgan fingerprint density at radius 1 is 1.47 bits per heavy atom. The molecule has 0 bridgehead atoms. The van der Waals surface area contributed by atoms with Crippen LogP contribution in [0.25, 0.3) is 0 Å². The summed E-state index contributed by atoms with van der Waals surface area (Å²) >= 11 is 5.86. The lowest BCUT2D eigenvalue weighted by molar-refractivity contribution is -0.0505. The highest BCUT2D eigenvalue weighted by atomic mass is 35.5. The quantitative estimate of drug-likeness (QED) is 0.873. The van der Waals surface area contributed by atoms with Gasteiger partial charge in [-0.25, -0.2) is 0 Å². The van der Waals surface area contributed by atoms with Crippen molar-refractivity contribution in [2.75, 3.05) is 13.2 Å². The lowest BCUT2D eigenvalue weighted by atomic mass is 10.2. The van der Waals surface area contributed by atoms with Crippen molar-refractivity contribution in [3.8, 4) is 5.75 Å². The van der Waals surface area contributed by atoms with E-state index in [1.54, 1.807) is 6.07 Å². The maximum atomic E-state index is 12.3. The molecule has 0 radical (unpaired) electrons. The first kappa shape index (κ1) is 14.5. The third-order valence-corrected chi connectivity index (χ3v) is 3.19. The van der Waals surface area contributed by atoms with Crippen molar-refractivity contribution in [3.63, 3.8) is 0 Å². The Morgan fingerprint density at radius 3 is 3.00 bits per heavy atom. The molecule has 0 spiro atoms. The topological polar surface area (TPSA) is 30.5 Å². The van der Waals surface area contributed by atoms with Crippen molar-refractivity contribution in [1.82, 2.24) is 5.32 Å². The van der Waals surface area contributed by atoms with Crippen LogP contribution in [0.15, 0.2) is 18.2 Å². The molecule has 1 atom stereocenters. The number of rotatable bonds is 6. The van der Waals surface area contributed by atoms with Gasteiger partial charge in [0.25, 0.3) is 0 Å². The van der Waals surface area contributed by atoms with Gasteiger partial charge in [0.1, 0.15) is 5.75 Å². The molecule has 0 amide bonds. The molecular weight excluding hydrogens is 276 g/mol. The third-order valence-electron chi connectivity index (χ3n) is 2.95. The van der Waals surface area contributed by atoms with Crippen molar-refractivity contribution >= 4 is 11.6 Å². The van der Waals surface area contributed by atoms with Crippen molar-refractivity contribution in [2.45, 2.75) is 32.1 Å². The highest BCUT2D eigenvalue weighted by Crippen LogP contribution is 2.24.